The van der Waals surface area contributed by atoms with Gasteiger partial charge in [0.1, 0.15) is 18.5 Å². The number of aliphatic hydroxyl groups is 1. The number of nitrogens with zero attached hydrogens (tertiary/aromatic N) is 6. The highest BCUT2D eigenvalue weighted by Gasteiger charge is 2.13. The summed E-state index contributed by atoms with van der Waals surface area (Å²) < 4.78 is 33.8. The number of halogens is 2. The Morgan fingerprint density at radius 1 is 1.12 bits per heavy atom. The van der Waals surface area contributed by atoms with Gasteiger partial charge in [0, 0.05) is 18.3 Å². The minimum Gasteiger partial charge on any atom is -0.491 e. The summed E-state index contributed by atoms with van der Waals surface area (Å²) in [5.74, 6) is -1.05. The first kappa shape index (κ1) is 21.5. The van der Waals surface area contributed by atoms with Gasteiger partial charge in [-0.1, -0.05) is 5.21 Å². The van der Waals surface area contributed by atoms with Gasteiger partial charge in [0.2, 0.25) is 5.95 Å². The van der Waals surface area contributed by atoms with E-state index in [0.29, 0.717) is 29.1 Å². The number of aromatic nitrogens is 5. The van der Waals surface area contributed by atoms with Crippen LogP contribution < -0.4 is 10.1 Å². The number of ether oxygens (including phenoxy) is 1. The predicted octanol–water partition coefficient (Wildman–Crippen LogP) is 2.53. The smallest absolute Gasteiger partial charge is 0.229 e. The standard InChI is InChI=1S/C21H21F2N7O2/c1-29(2)11-15(31)12-32-16-6-3-13(4-7-16)25-21-24-10-19-20(26-21)30(28-27-19)14-5-8-17(22)18(23)9-14/h3-10,15,31H,11-12H2,1-2H3,(H,24,25,26). The van der Waals surface area contributed by atoms with Crippen LogP contribution in [0.15, 0.2) is 48.7 Å². The average molecular weight is 441 g/mol. The summed E-state index contributed by atoms with van der Waals surface area (Å²) in [6, 6.07) is 10.5. The Bertz CT molecular complexity index is 1210. The summed E-state index contributed by atoms with van der Waals surface area (Å²) in [4.78, 5) is 10.5. The molecule has 0 aliphatic carbocycles. The van der Waals surface area contributed by atoms with Crippen molar-refractivity contribution in [1.29, 1.82) is 0 Å². The van der Waals surface area contributed by atoms with E-state index in [1.165, 1.54) is 16.9 Å². The van der Waals surface area contributed by atoms with Crippen molar-refractivity contribution in [1.82, 2.24) is 29.9 Å². The van der Waals surface area contributed by atoms with Crippen LogP contribution in [-0.4, -0.2) is 68.3 Å². The van der Waals surface area contributed by atoms with E-state index >= 15 is 0 Å². The summed E-state index contributed by atoms with van der Waals surface area (Å²) in [5.41, 5.74) is 1.73. The molecule has 1 unspecified atom stereocenters. The molecular weight excluding hydrogens is 420 g/mol. The second-order valence-corrected chi connectivity index (χ2v) is 7.38. The van der Waals surface area contributed by atoms with Crippen molar-refractivity contribution < 1.29 is 18.6 Å². The lowest BCUT2D eigenvalue weighted by molar-refractivity contribution is 0.0831. The van der Waals surface area contributed by atoms with E-state index in [-0.39, 0.29) is 18.2 Å². The average Bonchev–Trinajstić information content (AvgIpc) is 3.18. The van der Waals surface area contributed by atoms with Crippen LogP contribution in [0.5, 0.6) is 5.75 Å². The lowest BCUT2D eigenvalue weighted by Gasteiger charge is -2.16. The second-order valence-electron chi connectivity index (χ2n) is 7.38. The molecule has 2 heterocycles. The quantitative estimate of drug-likeness (QED) is 0.430. The molecule has 0 aliphatic heterocycles. The van der Waals surface area contributed by atoms with Gasteiger partial charge in [0.05, 0.1) is 11.9 Å². The highest BCUT2D eigenvalue weighted by molar-refractivity contribution is 5.72. The first-order valence-electron chi connectivity index (χ1n) is 9.75. The highest BCUT2D eigenvalue weighted by atomic mass is 19.2. The third-order valence-corrected chi connectivity index (χ3v) is 4.47. The molecule has 11 heteroatoms. The van der Waals surface area contributed by atoms with Crippen molar-refractivity contribution in [3.8, 4) is 11.4 Å². The molecule has 0 aliphatic rings. The fourth-order valence-corrected chi connectivity index (χ4v) is 3.01. The van der Waals surface area contributed by atoms with Gasteiger partial charge in [0.15, 0.2) is 22.8 Å². The summed E-state index contributed by atoms with van der Waals surface area (Å²) in [5, 5.41) is 20.9. The Labute approximate surface area is 182 Å². The first-order valence-corrected chi connectivity index (χ1v) is 9.75. The number of hydrogen-bond acceptors (Lipinski definition) is 8. The monoisotopic (exact) mass is 441 g/mol. The SMILES string of the molecule is CN(C)CC(O)COc1ccc(Nc2ncc3nnn(-c4ccc(F)c(F)c4)c3n2)cc1. The number of fused-ring (bicyclic) bond motifs is 1. The number of rotatable bonds is 8. The second kappa shape index (κ2) is 9.20. The summed E-state index contributed by atoms with van der Waals surface area (Å²) in [7, 11) is 3.76. The van der Waals surface area contributed by atoms with Gasteiger partial charge in [0.25, 0.3) is 0 Å². The van der Waals surface area contributed by atoms with Crippen molar-refractivity contribution in [2.45, 2.75) is 6.10 Å². The van der Waals surface area contributed by atoms with E-state index in [9.17, 15) is 13.9 Å². The Balaban J connectivity index is 1.48. The Morgan fingerprint density at radius 2 is 1.91 bits per heavy atom. The maximum absolute atomic E-state index is 13.6. The van der Waals surface area contributed by atoms with Crippen LogP contribution in [0.25, 0.3) is 16.9 Å². The molecule has 2 aromatic carbocycles. The summed E-state index contributed by atoms with van der Waals surface area (Å²) in [6.07, 6.45) is 0.897. The molecule has 0 radical (unpaired) electrons. The summed E-state index contributed by atoms with van der Waals surface area (Å²) in [6.45, 7) is 0.696. The number of likely N-dealkylation sites (N-methyl/N-ethyl adjacent to an activating group) is 1. The molecule has 0 saturated carbocycles. The van der Waals surface area contributed by atoms with Crippen molar-refractivity contribution >= 4 is 22.8 Å². The molecule has 0 saturated heterocycles. The minimum atomic E-state index is -0.991. The number of anilines is 2. The molecule has 0 bridgehead atoms. The Hall–Kier alpha value is -3.70. The number of aliphatic hydroxyl groups excluding tert-OH is 1. The van der Waals surface area contributed by atoms with Gasteiger partial charge >= 0.3 is 0 Å². The molecule has 1 atom stereocenters. The van der Waals surface area contributed by atoms with E-state index in [1.54, 1.807) is 24.3 Å². The lowest BCUT2D eigenvalue weighted by Crippen LogP contribution is -2.30. The summed E-state index contributed by atoms with van der Waals surface area (Å²) >= 11 is 0. The van der Waals surface area contributed by atoms with Gasteiger partial charge in [-0.05, 0) is 50.5 Å². The molecule has 0 fully saturated rings. The van der Waals surface area contributed by atoms with Crippen LogP contribution in [0.2, 0.25) is 0 Å². The Kier molecular flexibility index (Phi) is 6.19. The topological polar surface area (TPSA) is 101 Å². The third kappa shape index (κ3) is 4.95. The van der Waals surface area contributed by atoms with E-state index < -0.39 is 17.7 Å². The molecule has 4 aromatic rings. The van der Waals surface area contributed by atoms with E-state index in [2.05, 4.69) is 25.6 Å². The number of benzene rings is 2. The molecule has 2 aromatic heterocycles. The maximum atomic E-state index is 13.6. The first-order chi connectivity index (χ1) is 15.4. The normalized spacial score (nSPS) is 12.3. The lowest BCUT2D eigenvalue weighted by atomic mass is 10.3. The highest BCUT2D eigenvalue weighted by Crippen LogP contribution is 2.21. The largest absolute Gasteiger partial charge is 0.491 e. The predicted molar refractivity (Wildman–Crippen MR) is 114 cm³/mol. The van der Waals surface area contributed by atoms with Crippen LogP contribution in [0.3, 0.4) is 0 Å². The molecule has 32 heavy (non-hydrogen) atoms. The number of nitrogens with one attached hydrogen (secondary N) is 1. The minimum absolute atomic E-state index is 0.186. The zero-order valence-electron chi connectivity index (χ0n) is 17.4. The Morgan fingerprint density at radius 3 is 2.62 bits per heavy atom. The fourth-order valence-electron chi connectivity index (χ4n) is 3.01. The van der Waals surface area contributed by atoms with Crippen molar-refractivity contribution in [2.24, 2.45) is 0 Å². The molecule has 0 spiro atoms. The van der Waals surface area contributed by atoms with Gasteiger partial charge in [-0.15, -0.1) is 5.10 Å². The molecule has 0 amide bonds. The third-order valence-electron chi connectivity index (χ3n) is 4.47. The van der Waals surface area contributed by atoms with Crippen LogP contribution in [0.4, 0.5) is 20.4 Å². The molecule has 9 nitrogen and oxygen atoms in total. The van der Waals surface area contributed by atoms with Crippen molar-refractivity contribution in [3.05, 3.63) is 60.3 Å². The van der Waals surface area contributed by atoms with Crippen LogP contribution in [0, 0.1) is 11.6 Å². The maximum Gasteiger partial charge on any atom is 0.229 e. The molecule has 4 rings (SSSR count). The molecular formula is C21H21F2N7O2. The van der Waals surface area contributed by atoms with Gasteiger partial charge in [-0.25, -0.2) is 13.8 Å². The van der Waals surface area contributed by atoms with Gasteiger partial charge < -0.3 is 20.1 Å². The van der Waals surface area contributed by atoms with E-state index in [0.717, 1.165) is 12.1 Å². The van der Waals surface area contributed by atoms with Gasteiger partial charge in [-0.2, -0.15) is 9.67 Å². The number of hydrogen-bond donors (Lipinski definition) is 2. The zero-order chi connectivity index (χ0) is 22.7. The van der Waals surface area contributed by atoms with Crippen molar-refractivity contribution in [3.63, 3.8) is 0 Å². The van der Waals surface area contributed by atoms with Crippen LogP contribution >= 0.6 is 0 Å². The zero-order valence-corrected chi connectivity index (χ0v) is 17.4. The van der Waals surface area contributed by atoms with Crippen LogP contribution in [0.1, 0.15) is 0 Å². The van der Waals surface area contributed by atoms with Gasteiger partial charge in [-0.3, -0.25) is 0 Å². The van der Waals surface area contributed by atoms with Crippen molar-refractivity contribution in [2.75, 3.05) is 32.6 Å². The fraction of sp³-hybridized carbons (Fsp3) is 0.238. The molecule has 2 N–H and O–H groups in total. The van der Waals surface area contributed by atoms with E-state index in [4.69, 9.17) is 4.74 Å². The molecule has 166 valence electrons. The van der Waals surface area contributed by atoms with Crippen LogP contribution in [-0.2, 0) is 0 Å². The van der Waals surface area contributed by atoms with E-state index in [1.807, 2.05) is 19.0 Å².